The van der Waals surface area contributed by atoms with Crippen LogP contribution in [0.3, 0.4) is 0 Å². The minimum atomic E-state index is -1.25. The normalized spacial score (nSPS) is 17.1. The van der Waals surface area contributed by atoms with E-state index in [2.05, 4.69) is 56.7 Å². The van der Waals surface area contributed by atoms with Crippen LogP contribution in [0.5, 0.6) is 0 Å². The molecule has 294 valence electrons. The molecule has 4 heterocycles. The molecule has 3 atom stereocenters. The zero-order valence-corrected chi connectivity index (χ0v) is 32.5. The Morgan fingerprint density at radius 2 is 1.24 bits per heavy atom. The lowest BCUT2D eigenvalue weighted by molar-refractivity contribution is -0.134. The summed E-state index contributed by atoms with van der Waals surface area (Å²) in [6.45, 7) is 1.22. The first-order valence-electron chi connectivity index (χ1n) is 19.6. The molecule has 4 N–H and O–H groups in total. The molecule has 2 saturated heterocycles. The molecular weight excluding hydrogens is 729 g/mol. The number of imidazole rings is 2. The lowest BCUT2D eigenvalue weighted by atomic mass is 10.0. The van der Waals surface area contributed by atoms with Gasteiger partial charge in [0.1, 0.15) is 17.7 Å². The minimum absolute atomic E-state index is 0.0163. The van der Waals surface area contributed by atoms with Gasteiger partial charge < -0.3 is 35.1 Å². The largest absolute Gasteiger partial charge is 0.465 e. The number of carbonyl (C=O) groups is 3. The molecule has 2 fully saturated rings. The maximum atomic E-state index is 13.7. The molecular formula is C46H46N8O4. The number of carbonyl (C=O) groups excluding carboxylic acids is 2. The van der Waals surface area contributed by atoms with E-state index in [1.54, 1.807) is 41.4 Å². The van der Waals surface area contributed by atoms with Gasteiger partial charge in [-0.25, -0.2) is 14.8 Å². The fourth-order valence-corrected chi connectivity index (χ4v) is 7.99. The molecule has 4 aromatic carbocycles. The van der Waals surface area contributed by atoms with Crippen LogP contribution in [0.2, 0.25) is 0 Å². The van der Waals surface area contributed by atoms with Crippen molar-refractivity contribution >= 4 is 29.7 Å². The predicted octanol–water partition coefficient (Wildman–Crippen LogP) is 8.25. The highest BCUT2D eigenvalue weighted by Gasteiger charge is 2.37. The van der Waals surface area contributed by atoms with Crippen LogP contribution in [0.25, 0.3) is 39.7 Å². The molecule has 2 aliphatic heterocycles. The Balaban J connectivity index is 0.905. The number of amides is 3. The lowest BCUT2D eigenvalue weighted by Gasteiger charge is -2.28. The van der Waals surface area contributed by atoms with Crippen LogP contribution in [0, 0.1) is 0 Å². The minimum Gasteiger partial charge on any atom is -0.465 e. The molecule has 2 aromatic heterocycles. The number of H-pyrrole nitrogens is 2. The van der Waals surface area contributed by atoms with Gasteiger partial charge in [0.25, 0.3) is 5.91 Å². The molecule has 0 saturated carbocycles. The SMILES string of the molecule is CN(C)c1ccc(C=CC(=O)N2CCC[C@H]2c2ncc(-c3ccc(-c4ccc(-c5cnc([C@@H]6CCCN6C(=O)[C@H](NC(=O)O)c6ccccc6)[nH]5)cc4)cc3)[nH]2)cc1. The van der Waals surface area contributed by atoms with Crippen molar-refractivity contribution < 1.29 is 19.5 Å². The third-order valence-corrected chi connectivity index (χ3v) is 11.1. The van der Waals surface area contributed by atoms with Gasteiger partial charge in [-0.15, -0.1) is 0 Å². The van der Waals surface area contributed by atoms with Crippen molar-refractivity contribution in [2.45, 2.75) is 43.8 Å². The summed E-state index contributed by atoms with van der Waals surface area (Å²) < 4.78 is 0. The van der Waals surface area contributed by atoms with E-state index in [4.69, 9.17) is 4.98 Å². The first-order valence-corrected chi connectivity index (χ1v) is 19.6. The lowest BCUT2D eigenvalue weighted by Crippen LogP contribution is -2.42. The number of anilines is 1. The molecule has 12 nitrogen and oxygen atoms in total. The van der Waals surface area contributed by atoms with Crippen LogP contribution in [0.1, 0.15) is 66.6 Å². The second-order valence-electron chi connectivity index (χ2n) is 15.0. The quantitative estimate of drug-likeness (QED) is 0.0969. The maximum absolute atomic E-state index is 13.7. The Kier molecular flexibility index (Phi) is 10.9. The molecule has 0 bridgehead atoms. The van der Waals surface area contributed by atoms with Gasteiger partial charge in [-0.1, -0.05) is 91.0 Å². The molecule has 0 radical (unpaired) electrons. The van der Waals surface area contributed by atoms with Crippen LogP contribution in [0.4, 0.5) is 10.5 Å². The Hall–Kier alpha value is -6.95. The van der Waals surface area contributed by atoms with Gasteiger partial charge in [-0.05, 0) is 77.3 Å². The number of benzene rings is 4. The maximum Gasteiger partial charge on any atom is 0.405 e. The van der Waals surface area contributed by atoms with E-state index in [1.165, 1.54) is 0 Å². The average Bonchev–Trinajstić information content (AvgIpc) is 4.10. The van der Waals surface area contributed by atoms with Crippen LogP contribution in [-0.2, 0) is 9.59 Å². The summed E-state index contributed by atoms with van der Waals surface area (Å²) >= 11 is 0. The topological polar surface area (TPSA) is 151 Å². The van der Waals surface area contributed by atoms with Crippen molar-refractivity contribution in [1.82, 2.24) is 35.1 Å². The van der Waals surface area contributed by atoms with Gasteiger partial charge in [0.15, 0.2) is 0 Å². The number of aromatic amines is 2. The van der Waals surface area contributed by atoms with E-state index in [-0.39, 0.29) is 23.9 Å². The van der Waals surface area contributed by atoms with E-state index in [1.807, 2.05) is 78.6 Å². The van der Waals surface area contributed by atoms with Crippen LogP contribution >= 0.6 is 0 Å². The second kappa shape index (κ2) is 16.6. The van der Waals surface area contributed by atoms with Crippen molar-refractivity contribution in [2.75, 3.05) is 32.1 Å². The fraction of sp³-hybridized carbons (Fsp3) is 0.239. The Morgan fingerprint density at radius 1 is 0.724 bits per heavy atom. The third kappa shape index (κ3) is 8.13. The van der Waals surface area contributed by atoms with E-state index >= 15 is 0 Å². The number of likely N-dealkylation sites (tertiary alicyclic amines) is 2. The average molecular weight is 775 g/mol. The first-order chi connectivity index (χ1) is 28.2. The monoisotopic (exact) mass is 774 g/mol. The molecule has 58 heavy (non-hydrogen) atoms. The molecule has 8 rings (SSSR count). The van der Waals surface area contributed by atoms with Gasteiger partial charge in [0, 0.05) is 38.9 Å². The number of hydrogen-bond acceptors (Lipinski definition) is 6. The van der Waals surface area contributed by atoms with Crippen molar-refractivity contribution in [3.63, 3.8) is 0 Å². The molecule has 6 aromatic rings. The van der Waals surface area contributed by atoms with Gasteiger partial charge >= 0.3 is 6.09 Å². The summed E-state index contributed by atoms with van der Waals surface area (Å²) in [7, 11) is 4.01. The Bertz CT molecular complexity index is 2400. The van der Waals surface area contributed by atoms with E-state index < -0.39 is 12.1 Å². The number of nitrogens with one attached hydrogen (secondary N) is 3. The van der Waals surface area contributed by atoms with Gasteiger partial charge in [0.2, 0.25) is 5.91 Å². The molecule has 3 amide bonds. The van der Waals surface area contributed by atoms with Crippen molar-refractivity contribution in [2.24, 2.45) is 0 Å². The number of aromatic nitrogens is 4. The van der Waals surface area contributed by atoms with Crippen molar-refractivity contribution in [3.05, 3.63) is 144 Å². The number of rotatable bonds is 11. The van der Waals surface area contributed by atoms with Crippen LogP contribution in [0.15, 0.2) is 122 Å². The molecule has 0 spiro atoms. The van der Waals surface area contributed by atoms with E-state index in [9.17, 15) is 19.5 Å². The van der Waals surface area contributed by atoms with Crippen LogP contribution in [-0.4, -0.2) is 79.9 Å². The summed E-state index contributed by atoms with van der Waals surface area (Å²) in [6.07, 6.45) is 9.21. The van der Waals surface area contributed by atoms with E-state index in [0.29, 0.717) is 24.5 Å². The zero-order chi connectivity index (χ0) is 40.2. The predicted molar refractivity (Wildman–Crippen MR) is 225 cm³/mol. The summed E-state index contributed by atoms with van der Waals surface area (Å²) in [5, 5.41) is 11.9. The summed E-state index contributed by atoms with van der Waals surface area (Å²) in [4.78, 5) is 60.6. The zero-order valence-electron chi connectivity index (χ0n) is 32.5. The summed E-state index contributed by atoms with van der Waals surface area (Å²) in [5.74, 6) is 1.16. The van der Waals surface area contributed by atoms with Gasteiger partial charge in [-0.3, -0.25) is 9.59 Å². The van der Waals surface area contributed by atoms with Crippen molar-refractivity contribution in [3.8, 4) is 33.6 Å². The highest BCUT2D eigenvalue weighted by atomic mass is 16.4. The molecule has 0 unspecified atom stereocenters. The Morgan fingerprint density at radius 3 is 1.78 bits per heavy atom. The van der Waals surface area contributed by atoms with E-state index in [0.717, 1.165) is 76.4 Å². The molecule has 0 aliphatic carbocycles. The van der Waals surface area contributed by atoms with Crippen LogP contribution < -0.4 is 10.2 Å². The Labute approximate surface area is 337 Å². The highest BCUT2D eigenvalue weighted by molar-refractivity contribution is 5.92. The first kappa shape index (κ1) is 37.9. The highest BCUT2D eigenvalue weighted by Crippen LogP contribution is 2.35. The molecule has 12 heteroatoms. The standard InChI is InChI=1S/C46H46N8O4/c1-52(2)36-23-12-30(13-24-36)14-25-41(55)53-26-6-10-39(53)43-47-28-37(49-43)33-19-15-31(16-20-33)32-17-21-34(22-18-32)38-29-48-44(50-38)40-11-7-27-54(40)45(56)42(51-46(57)58)35-8-4-3-5-9-35/h3-5,8-9,12-25,28-29,39-40,42,51H,6-7,10-11,26-27H2,1-2H3,(H,47,49)(H,48,50)(H,57,58)/t39-,40-,42+/m0/s1. The second-order valence-corrected chi connectivity index (χ2v) is 15.0. The number of nitrogens with zero attached hydrogens (tertiary/aromatic N) is 5. The van der Waals surface area contributed by atoms with Gasteiger partial charge in [-0.2, -0.15) is 0 Å². The smallest absolute Gasteiger partial charge is 0.405 e. The number of hydrogen-bond donors (Lipinski definition) is 4. The third-order valence-electron chi connectivity index (χ3n) is 11.1. The van der Waals surface area contributed by atoms with Gasteiger partial charge in [0.05, 0.1) is 35.9 Å². The summed E-state index contributed by atoms with van der Waals surface area (Å²) in [5.41, 5.74) is 8.53. The summed E-state index contributed by atoms with van der Waals surface area (Å²) in [6, 6.07) is 32.2. The van der Waals surface area contributed by atoms with Crippen molar-refractivity contribution in [1.29, 1.82) is 0 Å². The fourth-order valence-electron chi connectivity index (χ4n) is 7.99. The number of carboxylic acid groups (broad SMARTS) is 1. The molecule has 2 aliphatic rings.